The zero-order valence-electron chi connectivity index (χ0n) is 14.8. The molecule has 0 bridgehead atoms. The Morgan fingerprint density at radius 2 is 1.64 bits per heavy atom. The van der Waals surface area contributed by atoms with Crippen LogP contribution in [0.1, 0.15) is 51.1 Å². The number of carbonyl (C=O) groups excluding carboxylic acids is 2. The molecule has 25 heavy (non-hydrogen) atoms. The monoisotopic (exact) mass is 336 g/mol. The van der Waals surface area contributed by atoms with Crippen LogP contribution in [0.2, 0.25) is 0 Å². The van der Waals surface area contributed by atoms with E-state index in [1.807, 2.05) is 49.1 Å². The number of likely N-dealkylation sites (tertiary alicyclic amines) is 1. The number of benzene rings is 2. The van der Waals surface area contributed by atoms with Crippen LogP contribution in [0.15, 0.2) is 42.5 Å². The first-order chi connectivity index (χ1) is 12.1. The summed E-state index contributed by atoms with van der Waals surface area (Å²) in [4.78, 5) is 27.4. The van der Waals surface area contributed by atoms with Gasteiger partial charge in [-0.15, -0.1) is 0 Å². The fourth-order valence-electron chi connectivity index (χ4n) is 3.30. The Balaban J connectivity index is 1.83. The highest BCUT2D eigenvalue weighted by molar-refractivity contribution is 6.09. The number of hydrogen-bond acceptors (Lipinski definition) is 2. The van der Waals surface area contributed by atoms with Crippen molar-refractivity contribution < 1.29 is 9.59 Å². The zero-order chi connectivity index (χ0) is 17.8. The molecule has 1 aliphatic heterocycles. The van der Waals surface area contributed by atoms with E-state index in [1.165, 1.54) is 6.42 Å². The van der Waals surface area contributed by atoms with E-state index in [-0.39, 0.29) is 11.8 Å². The number of para-hydroxylation sites is 1. The number of rotatable bonds is 3. The van der Waals surface area contributed by atoms with Gasteiger partial charge in [-0.1, -0.05) is 29.8 Å². The normalized spacial score (nSPS) is 14.2. The van der Waals surface area contributed by atoms with Gasteiger partial charge < -0.3 is 10.2 Å². The van der Waals surface area contributed by atoms with Crippen LogP contribution >= 0.6 is 0 Å². The molecule has 2 amide bonds. The highest BCUT2D eigenvalue weighted by Crippen LogP contribution is 2.21. The van der Waals surface area contributed by atoms with Gasteiger partial charge in [0.1, 0.15) is 0 Å². The first-order valence-corrected chi connectivity index (χ1v) is 8.83. The van der Waals surface area contributed by atoms with Gasteiger partial charge in [0.05, 0.1) is 11.3 Å². The first kappa shape index (κ1) is 17.2. The molecule has 1 fully saturated rings. The molecule has 0 aromatic heterocycles. The molecule has 1 heterocycles. The number of aryl methyl sites for hydroxylation is 2. The van der Waals surface area contributed by atoms with E-state index in [9.17, 15) is 9.59 Å². The summed E-state index contributed by atoms with van der Waals surface area (Å²) in [6.45, 7) is 5.50. The van der Waals surface area contributed by atoms with E-state index < -0.39 is 0 Å². The van der Waals surface area contributed by atoms with Crippen molar-refractivity contribution in [3.8, 4) is 0 Å². The van der Waals surface area contributed by atoms with Crippen molar-refractivity contribution >= 4 is 17.5 Å². The third kappa shape index (κ3) is 3.90. The lowest BCUT2D eigenvalue weighted by Crippen LogP contribution is -2.36. The first-order valence-electron chi connectivity index (χ1n) is 8.83. The molecule has 3 rings (SSSR count). The van der Waals surface area contributed by atoms with E-state index in [4.69, 9.17) is 0 Å². The molecule has 1 aliphatic rings. The number of amides is 2. The molecule has 1 saturated heterocycles. The van der Waals surface area contributed by atoms with Crippen LogP contribution in [-0.2, 0) is 0 Å². The second-order valence-corrected chi connectivity index (χ2v) is 6.67. The van der Waals surface area contributed by atoms with Crippen molar-refractivity contribution in [1.82, 2.24) is 4.90 Å². The van der Waals surface area contributed by atoms with Gasteiger partial charge in [0.25, 0.3) is 11.8 Å². The molecule has 4 heteroatoms. The van der Waals surface area contributed by atoms with Gasteiger partial charge in [-0.3, -0.25) is 9.59 Å². The maximum atomic E-state index is 12.8. The van der Waals surface area contributed by atoms with E-state index in [2.05, 4.69) is 5.32 Å². The summed E-state index contributed by atoms with van der Waals surface area (Å²) in [6.07, 6.45) is 3.26. The lowest BCUT2D eigenvalue weighted by atomic mass is 10.0. The predicted octanol–water partition coefficient (Wildman–Crippen LogP) is 4.18. The highest BCUT2D eigenvalue weighted by Gasteiger charge is 2.21. The van der Waals surface area contributed by atoms with Crippen LogP contribution in [-0.4, -0.2) is 29.8 Å². The minimum absolute atomic E-state index is 0.00349. The average Bonchev–Trinajstić information content (AvgIpc) is 2.62. The summed E-state index contributed by atoms with van der Waals surface area (Å²) >= 11 is 0. The van der Waals surface area contributed by atoms with Gasteiger partial charge in [-0.25, -0.2) is 0 Å². The van der Waals surface area contributed by atoms with E-state index in [1.54, 1.807) is 12.1 Å². The summed E-state index contributed by atoms with van der Waals surface area (Å²) in [6, 6.07) is 13.0. The Hall–Kier alpha value is -2.62. The Kier molecular flexibility index (Phi) is 5.17. The molecule has 1 N–H and O–H groups in total. The molecule has 2 aromatic carbocycles. The summed E-state index contributed by atoms with van der Waals surface area (Å²) < 4.78 is 0. The number of carbonyl (C=O) groups is 2. The molecule has 0 radical (unpaired) electrons. The number of hydrogen-bond donors (Lipinski definition) is 1. The van der Waals surface area contributed by atoms with E-state index in [0.717, 1.165) is 37.1 Å². The van der Waals surface area contributed by atoms with E-state index >= 15 is 0 Å². The standard InChI is InChI=1S/C21H24N2O2/c1-15-10-11-17(16(2)14-15)20(24)22-19-9-5-4-8-18(19)21(25)23-12-6-3-7-13-23/h4-5,8-11,14H,3,6-7,12-13H2,1-2H3,(H,22,24). The largest absolute Gasteiger partial charge is 0.339 e. The van der Waals surface area contributed by atoms with E-state index in [0.29, 0.717) is 16.8 Å². The Morgan fingerprint density at radius 1 is 0.920 bits per heavy atom. The van der Waals surface area contributed by atoms with Gasteiger partial charge in [0.15, 0.2) is 0 Å². The quantitative estimate of drug-likeness (QED) is 0.914. The minimum Gasteiger partial charge on any atom is -0.339 e. The van der Waals surface area contributed by atoms with Crippen LogP contribution in [0, 0.1) is 13.8 Å². The lowest BCUT2D eigenvalue weighted by molar-refractivity contribution is 0.0725. The third-order valence-corrected chi connectivity index (χ3v) is 4.68. The minimum atomic E-state index is -0.184. The lowest BCUT2D eigenvalue weighted by Gasteiger charge is -2.27. The molecule has 0 saturated carbocycles. The number of nitrogens with one attached hydrogen (secondary N) is 1. The van der Waals surface area contributed by atoms with Crippen LogP contribution in [0.4, 0.5) is 5.69 Å². The molecular formula is C21H24N2O2. The van der Waals surface area contributed by atoms with Crippen LogP contribution < -0.4 is 5.32 Å². The SMILES string of the molecule is Cc1ccc(C(=O)Nc2ccccc2C(=O)N2CCCCC2)c(C)c1. The summed E-state index contributed by atoms with van der Waals surface area (Å²) in [5.74, 6) is -0.187. The van der Waals surface area contributed by atoms with Crippen molar-refractivity contribution in [3.63, 3.8) is 0 Å². The van der Waals surface area contributed by atoms with Gasteiger partial charge in [0.2, 0.25) is 0 Å². The highest BCUT2D eigenvalue weighted by atomic mass is 16.2. The fraction of sp³-hybridized carbons (Fsp3) is 0.333. The second-order valence-electron chi connectivity index (χ2n) is 6.67. The molecule has 0 aliphatic carbocycles. The maximum Gasteiger partial charge on any atom is 0.255 e. The van der Waals surface area contributed by atoms with Crippen LogP contribution in [0.5, 0.6) is 0 Å². The molecule has 2 aromatic rings. The molecule has 0 spiro atoms. The zero-order valence-corrected chi connectivity index (χ0v) is 14.8. The van der Waals surface area contributed by atoms with Crippen molar-refractivity contribution in [2.24, 2.45) is 0 Å². The maximum absolute atomic E-state index is 12.8. The smallest absolute Gasteiger partial charge is 0.255 e. The fourth-order valence-corrected chi connectivity index (χ4v) is 3.30. The van der Waals surface area contributed by atoms with Gasteiger partial charge in [-0.2, -0.15) is 0 Å². The van der Waals surface area contributed by atoms with Gasteiger partial charge in [-0.05, 0) is 56.9 Å². The van der Waals surface area contributed by atoms with Crippen molar-refractivity contribution in [2.45, 2.75) is 33.1 Å². The summed E-state index contributed by atoms with van der Waals surface area (Å²) in [5.41, 5.74) is 3.81. The molecule has 0 atom stereocenters. The topological polar surface area (TPSA) is 49.4 Å². The Labute approximate surface area is 148 Å². The van der Waals surface area contributed by atoms with Gasteiger partial charge in [0, 0.05) is 18.7 Å². The molecule has 0 unspecified atom stereocenters. The number of anilines is 1. The van der Waals surface area contributed by atoms with Crippen molar-refractivity contribution in [3.05, 3.63) is 64.7 Å². The molecule has 130 valence electrons. The third-order valence-electron chi connectivity index (χ3n) is 4.68. The van der Waals surface area contributed by atoms with Crippen molar-refractivity contribution in [2.75, 3.05) is 18.4 Å². The van der Waals surface area contributed by atoms with Gasteiger partial charge >= 0.3 is 0 Å². The number of nitrogens with zero attached hydrogens (tertiary/aromatic N) is 1. The van der Waals surface area contributed by atoms with Crippen molar-refractivity contribution in [1.29, 1.82) is 0 Å². The number of piperidine rings is 1. The average molecular weight is 336 g/mol. The summed E-state index contributed by atoms with van der Waals surface area (Å²) in [7, 11) is 0. The Morgan fingerprint density at radius 3 is 2.36 bits per heavy atom. The van der Waals surface area contributed by atoms with Crippen LogP contribution in [0.25, 0.3) is 0 Å². The molecule has 4 nitrogen and oxygen atoms in total. The molecular weight excluding hydrogens is 312 g/mol. The second kappa shape index (κ2) is 7.51. The van der Waals surface area contributed by atoms with Crippen LogP contribution in [0.3, 0.4) is 0 Å². The Bertz CT molecular complexity index is 792. The predicted molar refractivity (Wildman–Crippen MR) is 100 cm³/mol. The summed E-state index contributed by atoms with van der Waals surface area (Å²) in [5, 5.41) is 2.92.